The van der Waals surface area contributed by atoms with Crippen molar-refractivity contribution in [3.63, 3.8) is 0 Å². The number of pyridine rings is 1. The second-order valence-electron chi connectivity index (χ2n) is 6.70. The van der Waals surface area contributed by atoms with E-state index in [0.29, 0.717) is 16.9 Å². The first kappa shape index (κ1) is 18.3. The molecule has 0 saturated heterocycles. The van der Waals surface area contributed by atoms with Crippen molar-refractivity contribution in [1.82, 2.24) is 4.98 Å². The van der Waals surface area contributed by atoms with Gasteiger partial charge in [0.1, 0.15) is 0 Å². The minimum atomic E-state index is -0.475. The summed E-state index contributed by atoms with van der Waals surface area (Å²) in [6.45, 7) is 1.96. The van der Waals surface area contributed by atoms with E-state index in [0.717, 1.165) is 22.0 Å². The van der Waals surface area contributed by atoms with E-state index < -0.39 is 4.92 Å². The topological polar surface area (TPSA) is 85.1 Å². The van der Waals surface area contributed by atoms with Crippen LogP contribution in [0.25, 0.3) is 22.2 Å². The molecule has 6 heteroatoms. The summed E-state index contributed by atoms with van der Waals surface area (Å²) in [5.74, 6) is -0.297. The van der Waals surface area contributed by atoms with Gasteiger partial charge in [0.05, 0.1) is 21.7 Å². The zero-order valence-corrected chi connectivity index (χ0v) is 15.6. The number of nitrogens with one attached hydrogen (secondary N) is 1. The van der Waals surface area contributed by atoms with E-state index in [-0.39, 0.29) is 11.6 Å². The molecule has 4 rings (SSSR count). The largest absolute Gasteiger partial charge is 0.322 e. The Morgan fingerprint density at radius 2 is 1.69 bits per heavy atom. The zero-order chi connectivity index (χ0) is 20.4. The number of nitro groups is 1. The summed E-state index contributed by atoms with van der Waals surface area (Å²) in [7, 11) is 0. The van der Waals surface area contributed by atoms with Crippen LogP contribution in [0.4, 0.5) is 11.4 Å². The van der Waals surface area contributed by atoms with Gasteiger partial charge in [0.2, 0.25) is 0 Å². The second-order valence-corrected chi connectivity index (χ2v) is 6.70. The number of hydrogen-bond donors (Lipinski definition) is 1. The Morgan fingerprint density at radius 1 is 0.966 bits per heavy atom. The number of aryl methyl sites for hydroxylation is 1. The molecular formula is C23H17N3O3. The number of benzene rings is 3. The Kier molecular flexibility index (Phi) is 4.75. The highest BCUT2D eigenvalue weighted by molar-refractivity contribution is 6.13. The molecule has 1 amide bonds. The molecule has 0 aliphatic rings. The molecule has 3 aromatic carbocycles. The lowest BCUT2D eigenvalue weighted by Crippen LogP contribution is -2.13. The van der Waals surface area contributed by atoms with E-state index in [2.05, 4.69) is 5.32 Å². The van der Waals surface area contributed by atoms with Crippen molar-refractivity contribution in [1.29, 1.82) is 0 Å². The van der Waals surface area contributed by atoms with Gasteiger partial charge in [0.15, 0.2) is 0 Å². The summed E-state index contributed by atoms with van der Waals surface area (Å²) in [5, 5.41) is 14.4. The highest BCUT2D eigenvalue weighted by atomic mass is 16.6. The third kappa shape index (κ3) is 3.82. The van der Waals surface area contributed by atoms with Crippen molar-refractivity contribution in [2.75, 3.05) is 5.32 Å². The molecular weight excluding hydrogens is 366 g/mol. The number of aromatic nitrogens is 1. The lowest BCUT2D eigenvalue weighted by atomic mass is 10.0. The van der Waals surface area contributed by atoms with Gasteiger partial charge in [-0.25, -0.2) is 4.98 Å². The third-order valence-corrected chi connectivity index (χ3v) is 4.61. The van der Waals surface area contributed by atoms with Crippen LogP contribution in [0.3, 0.4) is 0 Å². The molecule has 1 N–H and O–H groups in total. The first-order valence-corrected chi connectivity index (χ1v) is 9.04. The van der Waals surface area contributed by atoms with Crippen LogP contribution in [-0.2, 0) is 0 Å². The Balaban J connectivity index is 1.77. The zero-order valence-electron chi connectivity index (χ0n) is 15.6. The molecule has 0 fully saturated rings. The van der Waals surface area contributed by atoms with Crippen LogP contribution in [0.15, 0.2) is 78.9 Å². The van der Waals surface area contributed by atoms with Crippen LogP contribution in [0.1, 0.15) is 15.9 Å². The number of anilines is 1. The fraction of sp³-hybridized carbons (Fsp3) is 0.0435. The van der Waals surface area contributed by atoms with Crippen molar-refractivity contribution in [2.24, 2.45) is 0 Å². The van der Waals surface area contributed by atoms with E-state index in [4.69, 9.17) is 4.98 Å². The highest BCUT2D eigenvalue weighted by Crippen LogP contribution is 2.26. The summed E-state index contributed by atoms with van der Waals surface area (Å²) in [6, 6.07) is 23.0. The van der Waals surface area contributed by atoms with Crippen molar-refractivity contribution in [2.45, 2.75) is 6.92 Å². The SMILES string of the molecule is Cc1ccc2nc(-c3ccccc3)cc(C(=O)Nc3ccc([N+](=O)[O-])cc3)c2c1. The van der Waals surface area contributed by atoms with Gasteiger partial charge in [0.25, 0.3) is 11.6 Å². The number of carbonyl (C=O) groups is 1. The van der Waals surface area contributed by atoms with Gasteiger partial charge in [-0.2, -0.15) is 0 Å². The first-order valence-electron chi connectivity index (χ1n) is 9.04. The number of fused-ring (bicyclic) bond motifs is 1. The molecule has 1 heterocycles. The number of nitro benzene ring substituents is 1. The lowest BCUT2D eigenvalue weighted by molar-refractivity contribution is -0.384. The van der Waals surface area contributed by atoms with E-state index in [9.17, 15) is 14.9 Å². The van der Waals surface area contributed by atoms with Crippen LogP contribution in [-0.4, -0.2) is 15.8 Å². The number of hydrogen-bond acceptors (Lipinski definition) is 4. The number of amides is 1. The fourth-order valence-corrected chi connectivity index (χ4v) is 3.15. The molecule has 0 atom stereocenters. The minimum absolute atomic E-state index is 0.0284. The normalized spacial score (nSPS) is 10.7. The van der Waals surface area contributed by atoms with Crippen LogP contribution in [0.2, 0.25) is 0 Å². The van der Waals surface area contributed by atoms with Gasteiger partial charge >= 0.3 is 0 Å². The molecule has 0 spiro atoms. The quantitative estimate of drug-likeness (QED) is 0.379. The van der Waals surface area contributed by atoms with Gasteiger partial charge in [-0.3, -0.25) is 14.9 Å². The molecule has 6 nitrogen and oxygen atoms in total. The summed E-state index contributed by atoms with van der Waals surface area (Å²) in [6.07, 6.45) is 0. The average Bonchev–Trinajstić information content (AvgIpc) is 2.74. The predicted octanol–water partition coefficient (Wildman–Crippen LogP) is 5.37. The van der Waals surface area contributed by atoms with Crippen LogP contribution in [0, 0.1) is 17.0 Å². The molecule has 29 heavy (non-hydrogen) atoms. The first-order chi connectivity index (χ1) is 14.0. The Hall–Kier alpha value is -4.06. The van der Waals surface area contributed by atoms with Crippen molar-refractivity contribution in [3.8, 4) is 11.3 Å². The number of non-ortho nitro benzene ring substituents is 1. The van der Waals surface area contributed by atoms with Gasteiger partial charge in [0, 0.05) is 28.8 Å². The maximum absolute atomic E-state index is 13.1. The van der Waals surface area contributed by atoms with E-state index in [1.807, 2.05) is 55.5 Å². The molecule has 0 bridgehead atoms. The smallest absolute Gasteiger partial charge is 0.269 e. The molecule has 0 aliphatic carbocycles. The van der Waals surface area contributed by atoms with Crippen LogP contribution < -0.4 is 5.32 Å². The van der Waals surface area contributed by atoms with Crippen LogP contribution >= 0.6 is 0 Å². The van der Waals surface area contributed by atoms with Gasteiger partial charge in [-0.15, -0.1) is 0 Å². The van der Waals surface area contributed by atoms with Crippen molar-refractivity contribution in [3.05, 3.63) is 100 Å². The van der Waals surface area contributed by atoms with E-state index in [1.165, 1.54) is 24.3 Å². The molecule has 0 unspecified atom stereocenters. The Bertz CT molecular complexity index is 1220. The Morgan fingerprint density at radius 3 is 2.38 bits per heavy atom. The number of rotatable bonds is 4. The van der Waals surface area contributed by atoms with Gasteiger partial charge < -0.3 is 5.32 Å². The maximum Gasteiger partial charge on any atom is 0.269 e. The van der Waals surface area contributed by atoms with Crippen LogP contribution in [0.5, 0.6) is 0 Å². The predicted molar refractivity (Wildman–Crippen MR) is 113 cm³/mol. The number of nitrogens with zero attached hydrogens (tertiary/aromatic N) is 2. The van der Waals surface area contributed by atoms with Gasteiger partial charge in [-0.1, -0.05) is 42.0 Å². The molecule has 0 saturated carbocycles. The Labute approximate surface area is 167 Å². The molecule has 0 aliphatic heterocycles. The molecule has 4 aromatic rings. The maximum atomic E-state index is 13.1. The molecule has 0 radical (unpaired) electrons. The third-order valence-electron chi connectivity index (χ3n) is 4.61. The second kappa shape index (κ2) is 7.52. The number of carbonyl (C=O) groups excluding carboxylic acids is 1. The standard InChI is InChI=1S/C23H17N3O3/c1-15-7-12-21-19(13-15)20(14-22(25-21)16-5-3-2-4-6-16)23(27)24-17-8-10-18(11-9-17)26(28)29/h2-14H,1H3,(H,24,27). The summed E-state index contributed by atoms with van der Waals surface area (Å²) >= 11 is 0. The average molecular weight is 383 g/mol. The fourth-order valence-electron chi connectivity index (χ4n) is 3.15. The monoisotopic (exact) mass is 383 g/mol. The lowest BCUT2D eigenvalue weighted by Gasteiger charge is -2.11. The highest BCUT2D eigenvalue weighted by Gasteiger charge is 2.15. The molecule has 142 valence electrons. The minimum Gasteiger partial charge on any atom is -0.322 e. The van der Waals surface area contributed by atoms with Crippen molar-refractivity contribution < 1.29 is 9.72 Å². The molecule has 1 aromatic heterocycles. The van der Waals surface area contributed by atoms with Gasteiger partial charge in [-0.05, 0) is 37.3 Å². The summed E-state index contributed by atoms with van der Waals surface area (Å²) in [5.41, 5.74) is 4.33. The van der Waals surface area contributed by atoms with E-state index in [1.54, 1.807) is 6.07 Å². The summed E-state index contributed by atoms with van der Waals surface area (Å²) < 4.78 is 0. The van der Waals surface area contributed by atoms with E-state index >= 15 is 0 Å². The summed E-state index contributed by atoms with van der Waals surface area (Å²) in [4.78, 5) is 28.1. The van der Waals surface area contributed by atoms with Crippen molar-refractivity contribution >= 4 is 28.2 Å².